The van der Waals surface area contributed by atoms with Gasteiger partial charge in [-0.15, -0.1) is 0 Å². The maximum absolute atomic E-state index is 4.53. The molecule has 19 heavy (non-hydrogen) atoms. The number of aryl methyl sites for hydroxylation is 2. The number of pyridine rings is 1. The molecule has 0 aliphatic rings. The Labute approximate surface area is 117 Å². The monoisotopic (exact) mass is 255 g/mol. The van der Waals surface area contributed by atoms with Crippen molar-refractivity contribution in [3.8, 4) is 0 Å². The first-order valence-corrected chi connectivity index (χ1v) is 7.40. The molecule has 1 heterocycles. The fraction of sp³-hybridized carbons (Fsp3) is 0.500. The Hall–Kier alpha value is -1.37. The summed E-state index contributed by atoms with van der Waals surface area (Å²) in [5.41, 5.74) is 5.27. The molecule has 0 aliphatic heterocycles. The average Bonchev–Trinajstić information content (AvgIpc) is 2.39. The quantitative estimate of drug-likeness (QED) is 0.713. The van der Waals surface area contributed by atoms with Crippen molar-refractivity contribution in [3.05, 3.63) is 41.1 Å². The Morgan fingerprint density at radius 3 is 2.47 bits per heavy atom. The largest absolute Gasteiger partial charge is 0.256 e. The van der Waals surface area contributed by atoms with Crippen molar-refractivity contribution < 1.29 is 0 Å². The zero-order valence-corrected chi connectivity index (χ0v) is 12.8. The van der Waals surface area contributed by atoms with E-state index in [-0.39, 0.29) is 0 Å². The predicted octanol–water partition coefficient (Wildman–Crippen LogP) is 5.39. The van der Waals surface area contributed by atoms with Crippen molar-refractivity contribution in [1.82, 2.24) is 4.98 Å². The summed E-state index contributed by atoms with van der Waals surface area (Å²) in [6.45, 7) is 11.3. The number of benzene rings is 1. The van der Waals surface area contributed by atoms with E-state index < -0.39 is 0 Å². The van der Waals surface area contributed by atoms with E-state index in [9.17, 15) is 0 Å². The van der Waals surface area contributed by atoms with Gasteiger partial charge in [0, 0.05) is 11.6 Å². The molecule has 1 aromatic carbocycles. The third-order valence-corrected chi connectivity index (χ3v) is 4.48. The number of hydrogen-bond donors (Lipinski definition) is 0. The molecule has 0 spiro atoms. The molecule has 0 aliphatic carbocycles. The van der Waals surface area contributed by atoms with E-state index in [0.717, 1.165) is 11.4 Å². The van der Waals surface area contributed by atoms with Gasteiger partial charge in [-0.1, -0.05) is 33.6 Å². The van der Waals surface area contributed by atoms with Crippen LogP contribution in [0.1, 0.15) is 56.2 Å². The normalized spacial score (nSPS) is 14.6. The van der Waals surface area contributed by atoms with E-state index in [1.165, 1.54) is 34.9 Å². The summed E-state index contributed by atoms with van der Waals surface area (Å²) in [6.07, 6.45) is 4.50. The van der Waals surface area contributed by atoms with Gasteiger partial charge in [0.1, 0.15) is 0 Å². The Bertz CT molecular complexity index is 571. The standard InChI is InChI=1S/C18H25N/c1-6-7-12(2)15(5)16-8-9-19-18-11-14(4)13(3)10-17(16)18/h8-12,15H,6-7H2,1-5H3. The van der Waals surface area contributed by atoms with Crippen molar-refractivity contribution in [3.63, 3.8) is 0 Å². The Kier molecular flexibility index (Phi) is 4.24. The van der Waals surface area contributed by atoms with Crippen LogP contribution in [0.5, 0.6) is 0 Å². The van der Waals surface area contributed by atoms with Crippen molar-refractivity contribution >= 4 is 10.9 Å². The number of fused-ring (bicyclic) bond motifs is 1. The van der Waals surface area contributed by atoms with Crippen LogP contribution in [0.2, 0.25) is 0 Å². The molecule has 102 valence electrons. The first-order chi connectivity index (χ1) is 9.04. The van der Waals surface area contributed by atoms with Crippen molar-refractivity contribution in [1.29, 1.82) is 0 Å². The molecule has 0 radical (unpaired) electrons. The van der Waals surface area contributed by atoms with Gasteiger partial charge in [0.2, 0.25) is 0 Å². The maximum atomic E-state index is 4.53. The summed E-state index contributed by atoms with van der Waals surface area (Å²) >= 11 is 0. The van der Waals surface area contributed by atoms with Crippen LogP contribution < -0.4 is 0 Å². The predicted molar refractivity (Wildman–Crippen MR) is 83.7 cm³/mol. The smallest absolute Gasteiger partial charge is 0.0707 e. The molecule has 2 unspecified atom stereocenters. The zero-order valence-electron chi connectivity index (χ0n) is 12.8. The molecule has 2 rings (SSSR count). The third-order valence-electron chi connectivity index (χ3n) is 4.48. The second kappa shape index (κ2) is 5.73. The summed E-state index contributed by atoms with van der Waals surface area (Å²) in [4.78, 5) is 4.53. The molecular formula is C18H25N. The highest BCUT2D eigenvalue weighted by Gasteiger charge is 2.16. The van der Waals surface area contributed by atoms with E-state index in [1.807, 2.05) is 6.20 Å². The fourth-order valence-corrected chi connectivity index (χ4v) is 2.84. The van der Waals surface area contributed by atoms with Crippen LogP contribution in [0.4, 0.5) is 0 Å². The Balaban J connectivity index is 2.51. The van der Waals surface area contributed by atoms with Gasteiger partial charge in [0.05, 0.1) is 5.52 Å². The van der Waals surface area contributed by atoms with Gasteiger partial charge in [-0.2, -0.15) is 0 Å². The van der Waals surface area contributed by atoms with E-state index in [2.05, 4.69) is 57.8 Å². The minimum atomic E-state index is 0.590. The Morgan fingerprint density at radius 2 is 1.79 bits per heavy atom. The lowest BCUT2D eigenvalue weighted by Gasteiger charge is -2.21. The van der Waals surface area contributed by atoms with Gasteiger partial charge in [0.25, 0.3) is 0 Å². The number of nitrogens with zero attached hydrogens (tertiary/aromatic N) is 1. The van der Waals surface area contributed by atoms with Crippen LogP contribution in [0, 0.1) is 19.8 Å². The molecule has 1 nitrogen and oxygen atoms in total. The van der Waals surface area contributed by atoms with Gasteiger partial charge >= 0.3 is 0 Å². The zero-order chi connectivity index (χ0) is 14.0. The van der Waals surface area contributed by atoms with Crippen LogP contribution in [0.25, 0.3) is 10.9 Å². The summed E-state index contributed by atoms with van der Waals surface area (Å²) in [7, 11) is 0. The fourth-order valence-electron chi connectivity index (χ4n) is 2.84. The summed E-state index contributed by atoms with van der Waals surface area (Å²) in [5.74, 6) is 1.31. The van der Waals surface area contributed by atoms with E-state index in [1.54, 1.807) is 0 Å². The highest BCUT2D eigenvalue weighted by atomic mass is 14.6. The molecular weight excluding hydrogens is 230 g/mol. The van der Waals surface area contributed by atoms with Gasteiger partial charge in [-0.25, -0.2) is 0 Å². The van der Waals surface area contributed by atoms with Crippen molar-refractivity contribution in [2.75, 3.05) is 0 Å². The first kappa shape index (κ1) is 14.0. The van der Waals surface area contributed by atoms with Gasteiger partial charge in [-0.05, 0) is 60.6 Å². The molecule has 2 atom stereocenters. The molecule has 0 saturated heterocycles. The molecule has 1 aromatic heterocycles. The number of hydrogen-bond acceptors (Lipinski definition) is 1. The number of aromatic nitrogens is 1. The molecule has 0 saturated carbocycles. The van der Waals surface area contributed by atoms with Crippen LogP contribution in [-0.2, 0) is 0 Å². The van der Waals surface area contributed by atoms with Crippen LogP contribution in [0.15, 0.2) is 24.4 Å². The topological polar surface area (TPSA) is 12.9 Å². The molecule has 0 N–H and O–H groups in total. The third kappa shape index (κ3) is 2.80. The SMILES string of the molecule is CCCC(C)C(C)c1ccnc2cc(C)c(C)cc12. The van der Waals surface area contributed by atoms with E-state index >= 15 is 0 Å². The minimum Gasteiger partial charge on any atom is -0.256 e. The molecule has 2 aromatic rings. The van der Waals surface area contributed by atoms with Gasteiger partial charge < -0.3 is 0 Å². The molecule has 0 fully saturated rings. The molecule has 0 amide bonds. The van der Waals surface area contributed by atoms with Crippen molar-refractivity contribution in [2.45, 2.75) is 53.4 Å². The maximum Gasteiger partial charge on any atom is 0.0707 e. The Morgan fingerprint density at radius 1 is 1.11 bits per heavy atom. The lowest BCUT2D eigenvalue weighted by atomic mass is 9.84. The lowest BCUT2D eigenvalue weighted by Crippen LogP contribution is -2.07. The summed E-state index contributed by atoms with van der Waals surface area (Å²) in [6, 6.07) is 6.72. The van der Waals surface area contributed by atoms with Gasteiger partial charge in [0.15, 0.2) is 0 Å². The second-order valence-corrected chi connectivity index (χ2v) is 5.91. The first-order valence-electron chi connectivity index (χ1n) is 7.40. The molecule has 0 bridgehead atoms. The van der Waals surface area contributed by atoms with E-state index in [0.29, 0.717) is 5.92 Å². The van der Waals surface area contributed by atoms with Crippen LogP contribution in [-0.4, -0.2) is 4.98 Å². The number of rotatable bonds is 4. The van der Waals surface area contributed by atoms with Crippen molar-refractivity contribution in [2.24, 2.45) is 5.92 Å². The second-order valence-electron chi connectivity index (χ2n) is 5.91. The summed E-state index contributed by atoms with van der Waals surface area (Å²) < 4.78 is 0. The average molecular weight is 255 g/mol. The highest BCUT2D eigenvalue weighted by Crippen LogP contribution is 2.32. The molecule has 1 heteroatoms. The van der Waals surface area contributed by atoms with E-state index in [4.69, 9.17) is 0 Å². The highest BCUT2D eigenvalue weighted by molar-refractivity contribution is 5.84. The van der Waals surface area contributed by atoms with Crippen LogP contribution in [0.3, 0.4) is 0 Å². The van der Waals surface area contributed by atoms with Crippen LogP contribution >= 0.6 is 0 Å². The minimum absolute atomic E-state index is 0.590. The summed E-state index contributed by atoms with van der Waals surface area (Å²) in [5, 5.41) is 1.33. The van der Waals surface area contributed by atoms with Gasteiger partial charge in [-0.3, -0.25) is 4.98 Å². The lowest BCUT2D eigenvalue weighted by molar-refractivity contribution is 0.450.